The van der Waals surface area contributed by atoms with E-state index in [1.807, 2.05) is 6.07 Å². The van der Waals surface area contributed by atoms with Crippen LogP contribution in [0.2, 0.25) is 0 Å². The van der Waals surface area contributed by atoms with Crippen molar-refractivity contribution in [3.8, 4) is 0 Å². The van der Waals surface area contributed by atoms with Crippen LogP contribution in [-0.4, -0.2) is 28.8 Å². The highest BCUT2D eigenvalue weighted by molar-refractivity contribution is 5.71. The van der Waals surface area contributed by atoms with Crippen molar-refractivity contribution in [2.24, 2.45) is 0 Å². The summed E-state index contributed by atoms with van der Waals surface area (Å²) >= 11 is 0. The number of carbonyl (C=O) groups is 2. The molecule has 0 fully saturated rings. The van der Waals surface area contributed by atoms with Crippen molar-refractivity contribution in [3.63, 3.8) is 0 Å². The number of hydrogen-bond acceptors (Lipinski definition) is 4. The number of carbonyl (C=O) groups excluding carboxylic acids is 1. The number of amides is 1. The summed E-state index contributed by atoms with van der Waals surface area (Å²) in [7, 11) is 0. The number of aliphatic carboxylic acids is 1. The van der Waals surface area contributed by atoms with Crippen LogP contribution in [-0.2, 0) is 16.0 Å². The fraction of sp³-hybridized carbons (Fsp3) is 0.467. The van der Waals surface area contributed by atoms with Crippen LogP contribution in [0.3, 0.4) is 0 Å². The Balaban J connectivity index is 2.72. The second-order valence-corrected chi connectivity index (χ2v) is 5.89. The van der Waals surface area contributed by atoms with Crippen LogP contribution in [0, 0.1) is 0 Å². The first kappa shape index (κ1) is 16.8. The summed E-state index contributed by atoms with van der Waals surface area (Å²) in [5.74, 6) is -0.986. The maximum absolute atomic E-state index is 11.8. The van der Waals surface area contributed by atoms with Gasteiger partial charge in [-0.05, 0) is 44.9 Å². The first-order chi connectivity index (χ1) is 9.65. The third-order valence-corrected chi connectivity index (χ3v) is 2.58. The number of nitrogens with two attached hydrogens (primary N) is 1. The number of anilines is 1. The quantitative estimate of drug-likeness (QED) is 0.722. The fourth-order valence-corrected chi connectivity index (χ4v) is 1.86. The molecule has 1 amide bonds. The van der Waals surface area contributed by atoms with Gasteiger partial charge >= 0.3 is 12.1 Å². The summed E-state index contributed by atoms with van der Waals surface area (Å²) < 4.78 is 5.14. The summed E-state index contributed by atoms with van der Waals surface area (Å²) in [6, 6.07) is 6.57. The van der Waals surface area contributed by atoms with Gasteiger partial charge in [0, 0.05) is 11.7 Å². The molecule has 116 valence electrons. The van der Waals surface area contributed by atoms with E-state index in [2.05, 4.69) is 5.32 Å². The Bertz CT molecular complexity index is 509. The van der Waals surface area contributed by atoms with Crippen molar-refractivity contribution in [2.45, 2.75) is 45.3 Å². The third kappa shape index (κ3) is 7.20. The molecule has 0 aliphatic heterocycles. The zero-order valence-corrected chi connectivity index (χ0v) is 12.6. The number of nitrogen functional groups attached to an aromatic ring is 1. The number of hydrogen-bond donors (Lipinski definition) is 3. The van der Waals surface area contributed by atoms with Crippen LogP contribution < -0.4 is 11.1 Å². The van der Waals surface area contributed by atoms with Crippen LogP contribution in [0.1, 0.15) is 32.8 Å². The molecule has 4 N–H and O–H groups in total. The van der Waals surface area contributed by atoms with Gasteiger partial charge in [-0.15, -0.1) is 0 Å². The summed E-state index contributed by atoms with van der Waals surface area (Å²) in [6.07, 6.45) is -0.442. The van der Waals surface area contributed by atoms with Crippen molar-refractivity contribution in [2.75, 3.05) is 5.73 Å². The first-order valence-corrected chi connectivity index (χ1v) is 6.71. The van der Waals surface area contributed by atoms with Gasteiger partial charge in [0.1, 0.15) is 5.60 Å². The lowest BCUT2D eigenvalue weighted by atomic mass is 10.0. The molecule has 6 nitrogen and oxygen atoms in total. The van der Waals surface area contributed by atoms with Crippen molar-refractivity contribution < 1.29 is 19.4 Å². The van der Waals surface area contributed by atoms with Crippen molar-refractivity contribution in [1.82, 2.24) is 5.32 Å². The molecule has 0 saturated heterocycles. The molecule has 6 heteroatoms. The average molecular weight is 294 g/mol. The molecule has 0 saturated carbocycles. The lowest BCUT2D eigenvalue weighted by Gasteiger charge is -2.23. The summed E-state index contributed by atoms with van der Waals surface area (Å²) in [4.78, 5) is 22.7. The molecule has 0 spiro atoms. The van der Waals surface area contributed by atoms with Gasteiger partial charge in [0.15, 0.2) is 0 Å². The molecule has 0 heterocycles. The number of benzene rings is 1. The molecule has 0 radical (unpaired) electrons. The highest BCUT2D eigenvalue weighted by Crippen LogP contribution is 2.12. The highest BCUT2D eigenvalue weighted by Gasteiger charge is 2.21. The second kappa shape index (κ2) is 6.97. The Kier molecular flexibility index (Phi) is 5.58. The SMILES string of the molecule is CC(C)(C)OC(=O)N[C@H](CC(=O)O)Cc1cccc(N)c1. The molecule has 1 aromatic rings. The maximum Gasteiger partial charge on any atom is 0.407 e. The number of carboxylic acids is 1. The molecule has 0 bridgehead atoms. The Morgan fingerprint density at radius 1 is 1.38 bits per heavy atom. The standard InChI is InChI=1S/C15H22N2O4/c1-15(2,3)21-14(20)17-12(9-13(18)19)8-10-5-4-6-11(16)7-10/h4-7,12H,8-9,16H2,1-3H3,(H,17,20)(H,18,19)/t12-/m0/s1. The monoisotopic (exact) mass is 294 g/mol. The van der Waals surface area contributed by atoms with Gasteiger partial charge in [0.2, 0.25) is 0 Å². The molecule has 1 rings (SSSR count). The van der Waals surface area contributed by atoms with Crippen LogP contribution >= 0.6 is 0 Å². The van der Waals surface area contributed by atoms with Crippen LogP contribution in [0.15, 0.2) is 24.3 Å². The highest BCUT2D eigenvalue weighted by atomic mass is 16.6. The van der Waals surface area contributed by atoms with Gasteiger partial charge in [0.25, 0.3) is 0 Å². The molecule has 0 aromatic heterocycles. The van der Waals surface area contributed by atoms with Gasteiger partial charge < -0.3 is 20.9 Å². The van der Waals surface area contributed by atoms with Gasteiger partial charge in [-0.25, -0.2) is 4.79 Å². The van der Waals surface area contributed by atoms with Crippen LogP contribution in [0.4, 0.5) is 10.5 Å². The van der Waals surface area contributed by atoms with E-state index < -0.39 is 23.7 Å². The van der Waals surface area contributed by atoms with Gasteiger partial charge in [-0.1, -0.05) is 12.1 Å². The molecule has 21 heavy (non-hydrogen) atoms. The first-order valence-electron chi connectivity index (χ1n) is 6.71. The van der Waals surface area contributed by atoms with Crippen LogP contribution in [0.25, 0.3) is 0 Å². The Hall–Kier alpha value is -2.24. The Labute approximate surface area is 124 Å². The lowest BCUT2D eigenvalue weighted by Crippen LogP contribution is -2.41. The maximum atomic E-state index is 11.8. The molecule has 1 aromatic carbocycles. The van der Waals surface area contributed by atoms with E-state index in [1.165, 1.54) is 0 Å². The van der Waals surface area contributed by atoms with Gasteiger partial charge in [0.05, 0.1) is 6.42 Å². The third-order valence-electron chi connectivity index (χ3n) is 2.58. The zero-order chi connectivity index (χ0) is 16.0. The minimum Gasteiger partial charge on any atom is -0.481 e. The minimum atomic E-state index is -0.986. The molecule has 0 unspecified atom stereocenters. The number of carboxylic acid groups (broad SMARTS) is 1. The van der Waals surface area contributed by atoms with E-state index >= 15 is 0 Å². The van der Waals surface area contributed by atoms with Crippen molar-refractivity contribution in [3.05, 3.63) is 29.8 Å². The van der Waals surface area contributed by atoms with Crippen molar-refractivity contribution >= 4 is 17.7 Å². The number of nitrogens with one attached hydrogen (secondary N) is 1. The predicted molar refractivity (Wildman–Crippen MR) is 80.0 cm³/mol. The van der Waals surface area contributed by atoms with Gasteiger partial charge in [-0.3, -0.25) is 4.79 Å². The topological polar surface area (TPSA) is 102 Å². The average Bonchev–Trinajstić information content (AvgIpc) is 2.24. The molecular formula is C15H22N2O4. The Morgan fingerprint density at radius 3 is 2.57 bits per heavy atom. The second-order valence-electron chi connectivity index (χ2n) is 5.89. The number of rotatable bonds is 5. The smallest absolute Gasteiger partial charge is 0.407 e. The van der Waals surface area contributed by atoms with E-state index in [0.29, 0.717) is 12.1 Å². The summed E-state index contributed by atoms with van der Waals surface area (Å²) in [6.45, 7) is 5.24. The van der Waals surface area contributed by atoms with E-state index in [0.717, 1.165) is 5.56 Å². The lowest BCUT2D eigenvalue weighted by molar-refractivity contribution is -0.137. The van der Waals surface area contributed by atoms with Crippen molar-refractivity contribution in [1.29, 1.82) is 0 Å². The summed E-state index contributed by atoms with van der Waals surface area (Å²) in [5.41, 5.74) is 6.52. The normalized spacial score (nSPS) is 12.5. The number of ether oxygens (including phenoxy) is 1. The van der Waals surface area contributed by atoms with E-state index in [4.69, 9.17) is 15.6 Å². The Morgan fingerprint density at radius 2 is 2.05 bits per heavy atom. The van der Waals surface area contributed by atoms with E-state index in [-0.39, 0.29) is 6.42 Å². The molecule has 0 aliphatic carbocycles. The number of alkyl carbamates (subject to hydrolysis) is 1. The fourth-order valence-electron chi connectivity index (χ4n) is 1.86. The zero-order valence-electron chi connectivity index (χ0n) is 12.6. The predicted octanol–water partition coefficient (Wildman–Crippen LogP) is 2.18. The molecular weight excluding hydrogens is 272 g/mol. The largest absolute Gasteiger partial charge is 0.481 e. The van der Waals surface area contributed by atoms with Crippen LogP contribution in [0.5, 0.6) is 0 Å². The minimum absolute atomic E-state index is 0.186. The van der Waals surface area contributed by atoms with Gasteiger partial charge in [-0.2, -0.15) is 0 Å². The molecule has 1 atom stereocenters. The molecule has 0 aliphatic rings. The van der Waals surface area contributed by atoms with E-state index in [9.17, 15) is 9.59 Å². The summed E-state index contributed by atoms with van der Waals surface area (Å²) in [5, 5.41) is 11.5. The van der Waals surface area contributed by atoms with E-state index in [1.54, 1.807) is 39.0 Å².